The predicted molar refractivity (Wildman–Crippen MR) is 264 cm³/mol. The van der Waals surface area contributed by atoms with Gasteiger partial charge in [0.1, 0.15) is 6.04 Å². The highest BCUT2D eigenvalue weighted by molar-refractivity contribution is 6.06. The first-order valence-electron chi connectivity index (χ1n) is 26.7. The second kappa shape index (κ2) is 53.4. The number of carboxylic acids is 1. The van der Waals surface area contributed by atoms with Crippen molar-refractivity contribution in [2.75, 3.05) is 0 Å². The minimum atomic E-state index is -0.895. The monoisotopic (exact) mass is 844 g/mol. The van der Waals surface area contributed by atoms with Crippen LogP contribution in [0.2, 0.25) is 0 Å². The fraction of sp³-hybridized carbons (Fsp3) is 0.873. The lowest BCUT2D eigenvalue weighted by molar-refractivity contribution is -0.137. The normalized spacial score (nSPS) is 12.0. The maximum atomic E-state index is 12.3. The molecule has 0 rings (SSSR count). The van der Waals surface area contributed by atoms with Gasteiger partial charge >= 0.3 is 5.97 Å². The van der Waals surface area contributed by atoms with Crippen LogP contribution >= 0.6 is 0 Å². The summed E-state index contributed by atoms with van der Waals surface area (Å²) < 4.78 is 0. The predicted octanol–water partition coefficient (Wildman–Crippen LogP) is 17.9. The highest BCUT2D eigenvalue weighted by Crippen LogP contribution is 2.15. The van der Waals surface area contributed by atoms with Crippen molar-refractivity contribution in [3.05, 3.63) is 24.3 Å². The van der Waals surface area contributed by atoms with Crippen LogP contribution in [0.25, 0.3) is 0 Å². The molecule has 0 aliphatic carbocycles. The Hall–Kier alpha value is -1.75. The van der Waals surface area contributed by atoms with Gasteiger partial charge in [-0.1, -0.05) is 238 Å². The number of Topliss-reactive ketones (excluding diaryl/α,β-unsaturated/α-hetero) is 2. The molecule has 354 valence electrons. The third kappa shape index (κ3) is 52.4. The molecule has 0 aromatic rings. The Bertz CT molecular complexity index is 891. The Balaban J connectivity index is 0. The van der Waals surface area contributed by atoms with E-state index < -0.39 is 12.0 Å². The van der Waals surface area contributed by atoms with Crippen LogP contribution in [0.1, 0.15) is 303 Å². The lowest BCUT2D eigenvalue weighted by atomic mass is 9.98. The number of hydrogen-bond donors (Lipinski definition) is 2. The van der Waals surface area contributed by atoms with Gasteiger partial charge in [-0.25, -0.2) is 0 Å². The summed E-state index contributed by atoms with van der Waals surface area (Å²) in [4.78, 5) is 35.0. The average molecular weight is 844 g/mol. The molecule has 0 saturated heterocycles. The van der Waals surface area contributed by atoms with E-state index in [1.807, 2.05) is 0 Å². The molecule has 0 amide bonds. The van der Waals surface area contributed by atoms with Gasteiger partial charge in [0.05, 0.1) is 0 Å². The van der Waals surface area contributed by atoms with Crippen molar-refractivity contribution in [1.82, 2.24) is 0 Å². The average Bonchev–Trinajstić information content (AvgIpc) is 3.24. The topological polar surface area (TPSA) is 97.5 Å². The van der Waals surface area contributed by atoms with E-state index in [4.69, 9.17) is 10.8 Å². The van der Waals surface area contributed by atoms with E-state index in [0.717, 1.165) is 51.4 Å². The third-order valence-electron chi connectivity index (χ3n) is 12.1. The van der Waals surface area contributed by atoms with Crippen molar-refractivity contribution in [3.63, 3.8) is 0 Å². The van der Waals surface area contributed by atoms with E-state index in [-0.39, 0.29) is 11.6 Å². The number of nitrogens with two attached hydrogens (primary N) is 1. The van der Waals surface area contributed by atoms with E-state index in [0.29, 0.717) is 19.3 Å². The molecule has 0 aliphatic heterocycles. The first-order chi connectivity index (χ1) is 29.4. The summed E-state index contributed by atoms with van der Waals surface area (Å²) in [5, 5.41) is 8.52. The van der Waals surface area contributed by atoms with Gasteiger partial charge in [-0.2, -0.15) is 0 Å². The number of rotatable bonds is 48. The molecule has 0 saturated carbocycles. The molecule has 60 heavy (non-hydrogen) atoms. The van der Waals surface area contributed by atoms with Crippen LogP contribution in [0.5, 0.6) is 0 Å². The third-order valence-corrected chi connectivity index (χ3v) is 12.1. The first-order valence-corrected chi connectivity index (χ1v) is 26.7. The van der Waals surface area contributed by atoms with Crippen molar-refractivity contribution < 1.29 is 19.5 Å². The quantitative estimate of drug-likeness (QED) is 0.0361. The molecular formula is C55H105NO4. The number of ketones is 2. The molecule has 0 radical (unpaired) electrons. The van der Waals surface area contributed by atoms with Crippen molar-refractivity contribution >= 4 is 17.5 Å². The zero-order valence-electron chi connectivity index (χ0n) is 40.7. The molecule has 0 aliphatic rings. The summed E-state index contributed by atoms with van der Waals surface area (Å²) >= 11 is 0. The van der Waals surface area contributed by atoms with E-state index in [2.05, 4.69) is 45.1 Å². The summed E-state index contributed by atoms with van der Waals surface area (Å²) in [5.41, 5.74) is 5.97. The van der Waals surface area contributed by atoms with Crippen LogP contribution in [-0.2, 0) is 14.4 Å². The maximum absolute atomic E-state index is 12.3. The molecule has 0 heterocycles. The minimum Gasteiger partial charge on any atom is -0.481 e. The SMILES string of the molecule is CCCCCCCCC=CCCCCCCCC(=O)C(N)C(=O)CCCCCCCC=CCCCCCCCC.CCCCCCCCCCCCCCCCCC(=O)O. The van der Waals surface area contributed by atoms with Crippen LogP contribution in [0.15, 0.2) is 24.3 Å². The van der Waals surface area contributed by atoms with Crippen molar-refractivity contribution in [2.45, 2.75) is 309 Å². The van der Waals surface area contributed by atoms with Crippen LogP contribution in [-0.4, -0.2) is 28.7 Å². The summed E-state index contributed by atoms with van der Waals surface area (Å²) in [5.74, 6) is -0.773. The van der Waals surface area contributed by atoms with Crippen molar-refractivity contribution in [3.8, 4) is 0 Å². The molecule has 5 heteroatoms. The lowest BCUT2D eigenvalue weighted by Gasteiger charge is -2.09. The lowest BCUT2D eigenvalue weighted by Crippen LogP contribution is -2.38. The van der Waals surface area contributed by atoms with Crippen molar-refractivity contribution in [2.24, 2.45) is 5.73 Å². The second-order valence-electron chi connectivity index (χ2n) is 18.2. The fourth-order valence-electron chi connectivity index (χ4n) is 7.88. The van der Waals surface area contributed by atoms with Gasteiger partial charge in [0.2, 0.25) is 0 Å². The molecule has 0 spiro atoms. The number of carbonyl (C=O) groups excluding carboxylic acids is 2. The van der Waals surface area contributed by atoms with E-state index in [9.17, 15) is 14.4 Å². The molecule has 5 nitrogen and oxygen atoms in total. The van der Waals surface area contributed by atoms with Crippen molar-refractivity contribution in [1.29, 1.82) is 0 Å². The molecule has 0 fully saturated rings. The minimum absolute atomic E-state index is 0.0598. The Kier molecular flexibility index (Phi) is 53.7. The number of carbonyl (C=O) groups is 3. The Morgan fingerprint density at radius 2 is 0.533 bits per heavy atom. The standard InChI is InChI=1S/C37H69NO2.C18H36O2/c1-3-5-7-9-11-13-15-17-19-21-23-25-27-29-31-33-35(39)37(38)36(40)34-32-30-28-26-24-22-20-18-16-14-12-10-8-6-4-2;1-2-3-4-5-6-7-8-9-10-11-12-13-14-15-16-17-18(19)20/h17-20,37H,3-16,21-34,38H2,1-2H3;2-17H2,1H3,(H,19,20). The number of unbranched alkanes of at least 4 members (excludes halogenated alkanes) is 36. The largest absolute Gasteiger partial charge is 0.481 e. The zero-order valence-corrected chi connectivity index (χ0v) is 40.7. The Labute approximate surface area is 375 Å². The number of carboxylic acid groups (broad SMARTS) is 1. The van der Waals surface area contributed by atoms with Crippen LogP contribution < -0.4 is 5.73 Å². The number of aliphatic carboxylic acids is 1. The van der Waals surface area contributed by atoms with Gasteiger partial charge in [-0.3, -0.25) is 14.4 Å². The van der Waals surface area contributed by atoms with Gasteiger partial charge in [0, 0.05) is 19.3 Å². The summed E-state index contributed by atoms with van der Waals surface area (Å²) in [6.07, 6.45) is 62.7. The van der Waals surface area contributed by atoms with E-state index >= 15 is 0 Å². The summed E-state index contributed by atoms with van der Waals surface area (Å²) in [7, 11) is 0. The molecule has 0 aromatic heterocycles. The van der Waals surface area contributed by atoms with E-state index in [1.165, 1.54) is 212 Å². The number of hydrogen-bond acceptors (Lipinski definition) is 4. The van der Waals surface area contributed by atoms with Gasteiger partial charge < -0.3 is 10.8 Å². The van der Waals surface area contributed by atoms with Crippen LogP contribution in [0.4, 0.5) is 0 Å². The molecule has 0 bridgehead atoms. The summed E-state index contributed by atoms with van der Waals surface area (Å²) in [6.45, 7) is 6.80. The molecule has 3 N–H and O–H groups in total. The molecule has 0 unspecified atom stereocenters. The summed E-state index contributed by atoms with van der Waals surface area (Å²) in [6, 6.07) is -0.895. The fourth-order valence-corrected chi connectivity index (χ4v) is 7.88. The van der Waals surface area contributed by atoms with Crippen LogP contribution in [0, 0.1) is 0 Å². The Morgan fingerprint density at radius 3 is 0.767 bits per heavy atom. The maximum Gasteiger partial charge on any atom is 0.303 e. The van der Waals surface area contributed by atoms with Crippen LogP contribution in [0.3, 0.4) is 0 Å². The number of allylic oxidation sites excluding steroid dienone is 4. The smallest absolute Gasteiger partial charge is 0.303 e. The first kappa shape index (κ1) is 60.3. The van der Waals surface area contributed by atoms with Gasteiger partial charge in [0.15, 0.2) is 11.6 Å². The van der Waals surface area contributed by atoms with Gasteiger partial charge in [-0.15, -0.1) is 0 Å². The highest BCUT2D eigenvalue weighted by Gasteiger charge is 2.20. The second-order valence-corrected chi connectivity index (χ2v) is 18.2. The van der Waals surface area contributed by atoms with Gasteiger partial charge in [0.25, 0.3) is 0 Å². The zero-order chi connectivity index (χ0) is 44.3. The highest BCUT2D eigenvalue weighted by atomic mass is 16.4. The van der Waals surface area contributed by atoms with E-state index in [1.54, 1.807) is 0 Å². The Morgan fingerprint density at radius 1 is 0.333 bits per heavy atom. The molecular weight excluding hydrogens is 739 g/mol. The molecule has 0 aromatic carbocycles. The van der Waals surface area contributed by atoms with Gasteiger partial charge in [-0.05, 0) is 70.6 Å². The molecule has 0 atom stereocenters.